The van der Waals surface area contributed by atoms with Crippen LogP contribution >= 0.6 is 7.99 Å². The predicted octanol–water partition coefficient (Wildman–Crippen LogP) is 5.97. The van der Waals surface area contributed by atoms with Crippen molar-refractivity contribution in [3.63, 3.8) is 0 Å². The van der Waals surface area contributed by atoms with Crippen LogP contribution in [0.2, 0.25) is 0 Å². The Morgan fingerprint density at radius 2 is 1.24 bits per heavy atom. The fraction of sp³-hybridized carbons (Fsp3) is 1.00. The normalized spacial score (nSPS) is 11.9. The highest BCUT2D eigenvalue weighted by atomic mass is 31.2. The summed E-state index contributed by atoms with van der Waals surface area (Å²) in [5.74, 6) is 0. The van der Waals surface area contributed by atoms with Crippen molar-refractivity contribution in [3.05, 3.63) is 0 Å². The lowest BCUT2D eigenvalue weighted by Crippen LogP contribution is -1.88. The largest absolute Gasteiger partial charge is 0.551 e. The van der Waals surface area contributed by atoms with Gasteiger partial charge in [0.05, 0.1) is 6.61 Å². The molecule has 0 aromatic heterocycles. The first-order valence-corrected chi connectivity index (χ1v) is 8.11. The van der Waals surface area contributed by atoms with E-state index in [1.54, 1.807) is 0 Å². The first kappa shape index (κ1) is 17.1. The van der Waals surface area contributed by atoms with E-state index in [1.807, 2.05) is 0 Å². The van der Waals surface area contributed by atoms with E-state index in [-0.39, 0.29) is 6.61 Å². The molecule has 0 fully saturated rings. The second kappa shape index (κ2) is 11.2. The molecular weight excluding hydrogens is 245 g/mol. The topological polar surface area (TPSA) is 26.3 Å². The molecule has 0 rings (SSSR count). The van der Waals surface area contributed by atoms with E-state index in [0.717, 1.165) is 19.3 Å². The molecule has 0 spiro atoms. The minimum atomic E-state index is -5.24. The molecule has 0 aliphatic carbocycles. The minimum Gasteiger partial charge on any atom is -0.280 e. The fourth-order valence-corrected chi connectivity index (χ4v) is 2.10. The smallest absolute Gasteiger partial charge is 0.280 e. The number of unbranched alkanes of at least 4 members (excludes halogenated alkanes) is 9. The lowest BCUT2D eigenvalue weighted by atomic mass is 10.1. The van der Waals surface area contributed by atoms with Gasteiger partial charge in [-0.3, -0.25) is 4.52 Å². The summed E-state index contributed by atoms with van der Waals surface area (Å²) in [6, 6.07) is 0. The van der Waals surface area contributed by atoms with Crippen LogP contribution in [0.25, 0.3) is 0 Å². The quantitative estimate of drug-likeness (QED) is 0.322. The maximum Gasteiger partial charge on any atom is 0.551 e. The summed E-state index contributed by atoms with van der Waals surface area (Å²) in [6.45, 7) is 2.12. The Kier molecular flexibility index (Phi) is 11.2. The van der Waals surface area contributed by atoms with E-state index in [4.69, 9.17) is 0 Å². The van der Waals surface area contributed by atoms with Gasteiger partial charge in [-0.05, 0) is 6.42 Å². The van der Waals surface area contributed by atoms with Crippen molar-refractivity contribution >= 4 is 7.99 Å². The first-order valence-electron chi connectivity index (χ1n) is 6.70. The van der Waals surface area contributed by atoms with Crippen LogP contribution in [0.15, 0.2) is 0 Å². The van der Waals surface area contributed by atoms with E-state index in [0.29, 0.717) is 6.42 Å². The van der Waals surface area contributed by atoms with Crippen molar-refractivity contribution in [3.8, 4) is 0 Å². The molecule has 5 heteroatoms. The van der Waals surface area contributed by atoms with Gasteiger partial charge < -0.3 is 0 Å². The highest BCUT2D eigenvalue weighted by Crippen LogP contribution is 2.50. The molecule has 0 aliphatic rings. The standard InChI is InChI=1S/C12H25F2O2P/c1-2-3-4-5-6-7-8-9-10-11-12-16-17(13,14)15/h2-12H2,1H3. The van der Waals surface area contributed by atoms with Gasteiger partial charge >= 0.3 is 7.99 Å². The Bertz CT molecular complexity index is 207. The molecule has 17 heavy (non-hydrogen) atoms. The van der Waals surface area contributed by atoms with Gasteiger partial charge in [0, 0.05) is 0 Å². The average molecular weight is 270 g/mol. The molecule has 2 nitrogen and oxygen atoms in total. The van der Waals surface area contributed by atoms with Gasteiger partial charge in [-0.2, -0.15) is 0 Å². The molecule has 0 aromatic carbocycles. The number of hydrogen-bond donors (Lipinski definition) is 0. The Morgan fingerprint density at radius 3 is 1.65 bits per heavy atom. The minimum absolute atomic E-state index is 0.0826. The molecule has 0 unspecified atom stereocenters. The van der Waals surface area contributed by atoms with Crippen molar-refractivity contribution in [1.82, 2.24) is 0 Å². The van der Waals surface area contributed by atoms with E-state index >= 15 is 0 Å². The van der Waals surface area contributed by atoms with Gasteiger partial charge in [-0.15, -0.1) is 8.39 Å². The van der Waals surface area contributed by atoms with Crippen LogP contribution in [0.4, 0.5) is 8.39 Å². The summed E-state index contributed by atoms with van der Waals surface area (Å²) >= 11 is 0. The summed E-state index contributed by atoms with van der Waals surface area (Å²) < 4.78 is 37.5. The third-order valence-electron chi connectivity index (χ3n) is 2.74. The molecular formula is C12H25F2O2P. The highest BCUT2D eigenvalue weighted by Gasteiger charge is 2.19. The Morgan fingerprint density at radius 1 is 0.824 bits per heavy atom. The Labute approximate surface area is 104 Å². The second-order valence-corrected chi connectivity index (χ2v) is 5.52. The zero-order valence-corrected chi connectivity index (χ0v) is 11.7. The van der Waals surface area contributed by atoms with Crippen LogP contribution in [-0.2, 0) is 9.09 Å². The van der Waals surface area contributed by atoms with Gasteiger partial charge in [0.15, 0.2) is 0 Å². The van der Waals surface area contributed by atoms with Crippen LogP contribution in [0.3, 0.4) is 0 Å². The molecule has 0 radical (unpaired) electrons. The zero-order valence-electron chi connectivity index (χ0n) is 10.8. The van der Waals surface area contributed by atoms with E-state index < -0.39 is 7.99 Å². The van der Waals surface area contributed by atoms with Crippen LogP contribution in [-0.4, -0.2) is 6.61 Å². The van der Waals surface area contributed by atoms with Crippen molar-refractivity contribution in [2.24, 2.45) is 0 Å². The number of halogens is 2. The molecule has 0 aromatic rings. The van der Waals surface area contributed by atoms with Crippen LogP contribution in [0, 0.1) is 0 Å². The summed E-state index contributed by atoms with van der Waals surface area (Å²) in [4.78, 5) is 0. The summed E-state index contributed by atoms with van der Waals surface area (Å²) in [6.07, 6.45) is 11.4. The lowest BCUT2D eigenvalue weighted by Gasteiger charge is -2.03. The Balaban J connectivity index is 3.01. The summed E-state index contributed by atoms with van der Waals surface area (Å²) in [5.41, 5.74) is 0. The zero-order chi connectivity index (χ0) is 13.0. The maximum atomic E-state index is 11.8. The van der Waals surface area contributed by atoms with Gasteiger partial charge in [0.25, 0.3) is 0 Å². The SMILES string of the molecule is CCCCCCCCCCCCOP(=O)(F)F. The number of rotatable bonds is 12. The maximum absolute atomic E-state index is 11.8. The van der Waals surface area contributed by atoms with Gasteiger partial charge in [-0.1, -0.05) is 64.7 Å². The van der Waals surface area contributed by atoms with Crippen LogP contribution in [0.1, 0.15) is 71.1 Å². The van der Waals surface area contributed by atoms with E-state index in [1.165, 1.54) is 38.5 Å². The lowest BCUT2D eigenvalue weighted by molar-refractivity contribution is 0.249. The molecule has 104 valence electrons. The fourth-order valence-electron chi connectivity index (χ4n) is 1.76. The highest BCUT2D eigenvalue weighted by molar-refractivity contribution is 7.47. The third kappa shape index (κ3) is 16.1. The predicted molar refractivity (Wildman–Crippen MR) is 67.6 cm³/mol. The van der Waals surface area contributed by atoms with Gasteiger partial charge in [-0.25, -0.2) is 4.57 Å². The molecule has 0 aliphatic heterocycles. The average Bonchev–Trinajstić information content (AvgIpc) is 2.24. The van der Waals surface area contributed by atoms with Crippen LogP contribution < -0.4 is 0 Å². The molecule has 0 N–H and O–H groups in total. The first-order chi connectivity index (χ1) is 8.06. The van der Waals surface area contributed by atoms with Gasteiger partial charge in [0.2, 0.25) is 0 Å². The second-order valence-electron chi connectivity index (χ2n) is 4.43. The van der Waals surface area contributed by atoms with Crippen LogP contribution in [0.5, 0.6) is 0 Å². The van der Waals surface area contributed by atoms with Crippen molar-refractivity contribution in [2.75, 3.05) is 6.61 Å². The van der Waals surface area contributed by atoms with Gasteiger partial charge in [0.1, 0.15) is 0 Å². The molecule has 0 saturated carbocycles. The third-order valence-corrected chi connectivity index (χ3v) is 3.22. The molecule has 0 amide bonds. The number of hydrogen-bond acceptors (Lipinski definition) is 2. The molecule has 0 saturated heterocycles. The van der Waals surface area contributed by atoms with E-state index in [2.05, 4.69) is 11.4 Å². The van der Waals surface area contributed by atoms with Crippen molar-refractivity contribution in [1.29, 1.82) is 0 Å². The van der Waals surface area contributed by atoms with E-state index in [9.17, 15) is 13.0 Å². The molecule has 0 bridgehead atoms. The Hall–Kier alpha value is 0.0500. The summed E-state index contributed by atoms with van der Waals surface area (Å²) in [5, 5.41) is 0. The molecule has 0 atom stereocenters. The summed E-state index contributed by atoms with van der Waals surface area (Å²) in [7, 11) is -5.24. The monoisotopic (exact) mass is 270 g/mol. The van der Waals surface area contributed by atoms with Crippen molar-refractivity contribution in [2.45, 2.75) is 71.1 Å². The van der Waals surface area contributed by atoms with Crippen molar-refractivity contribution < 1.29 is 17.5 Å². The molecule has 0 heterocycles.